The summed E-state index contributed by atoms with van der Waals surface area (Å²) in [7, 11) is -3.38. The first kappa shape index (κ1) is 25.0. The van der Waals surface area contributed by atoms with Gasteiger partial charge < -0.3 is 11.1 Å². The first-order valence-electron chi connectivity index (χ1n) is 11.8. The number of fused-ring (bicyclic) bond motifs is 1. The summed E-state index contributed by atoms with van der Waals surface area (Å²) < 4.78 is 27.3. The number of carbonyl (C=O) groups excluding carboxylic acids is 1. The third kappa shape index (κ3) is 6.14. The second kappa shape index (κ2) is 10.7. The Hall–Kier alpha value is -3.08. The topological polar surface area (TPSA) is 122 Å². The molecule has 0 aliphatic carbocycles. The number of carbonyl (C=O) groups is 1. The summed E-state index contributed by atoms with van der Waals surface area (Å²) >= 11 is 0. The van der Waals surface area contributed by atoms with Gasteiger partial charge in [0.2, 0.25) is 15.9 Å². The molecule has 0 radical (unpaired) electrons. The van der Waals surface area contributed by atoms with E-state index in [0.29, 0.717) is 44.4 Å². The molecule has 1 saturated heterocycles. The number of nitrogens with one attached hydrogen (secondary N) is 1. The van der Waals surface area contributed by atoms with Gasteiger partial charge in [-0.1, -0.05) is 56.3 Å². The molecule has 1 atom stereocenters. The molecule has 35 heavy (non-hydrogen) atoms. The zero-order valence-corrected chi connectivity index (χ0v) is 20.9. The fourth-order valence-corrected chi connectivity index (χ4v) is 5.78. The van der Waals surface area contributed by atoms with Crippen molar-refractivity contribution in [3.8, 4) is 0 Å². The fraction of sp³-hybridized carbons (Fsp3) is 0.400. The predicted octanol–water partition coefficient (Wildman–Crippen LogP) is 2.20. The van der Waals surface area contributed by atoms with Gasteiger partial charge >= 0.3 is 0 Å². The molecule has 0 spiro atoms. The molecule has 1 fully saturated rings. The quantitative estimate of drug-likeness (QED) is 0.466. The highest BCUT2D eigenvalue weighted by molar-refractivity contribution is 7.88. The number of sulfonamides is 1. The number of nitrogens with two attached hydrogens (primary N) is 1. The van der Waals surface area contributed by atoms with Gasteiger partial charge in [0.1, 0.15) is 17.7 Å². The molecule has 3 N–H and O–H groups in total. The molecule has 9 nitrogen and oxygen atoms in total. The summed E-state index contributed by atoms with van der Waals surface area (Å²) in [5, 5.41) is 4.04. The summed E-state index contributed by atoms with van der Waals surface area (Å²) in [5.74, 6) is 0.756. The van der Waals surface area contributed by atoms with Gasteiger partial charge in [-0.25, -0.2) is 18.4 Å². The van der Waals surface area contributed by atoms with Crippen LogP contribution in [0.2, 0.25) is 0 Å². The predicted molar refractivity (Wildman–Crippen MR) is 137 cm³/mol. The third-order valence-electron chi connectivity index (χ3n) is 6.20. The molecule has 1 aromatic heterocycles. The first-order chi connectivity index (χ1) is 16.7. The molecule has 186 valence electrons. The Bertz CT molecular complexity index is 1270. The van der Waals surface area contributed by atoms with Gasteiger partial charge in [-0.2, -0.15) is 4.31 Å². The van der Waals surface area contributed by atoms with E-state index in [2.05, 4.69) is 10.2 Å². The van der Waals surface area contributed by atoms with Crippen molar-refractivity contribution < 1.29 is 13.2 Å². The van der Waals surface area contributed by atoms with Gasteiger partial charge in [0, 0.05) is 31.6 Å². The molecule has 4 rings (SSSR count). The van der Waals surface area contributed by atoms with Crippen LogP contribution in [-0.4, -0.2) is 65.7 Å². The molecular weight excluding hydrogens is 464 g/mol. The molecule has 2 heterocycles. The molecule has 2 aromatic carbocycles. The van der Waals surface area contributed by atoms with Crippen molar-refractivity contribution in [2.24, 2.45) is 11.7 Å². The van der Waals surface area contributed by atoms with Crippen LogP contribution in [0.25, 0.3) is 10.9 Å². The van der Waals surface area contributed by atoms with Crippen LogP contribution in [0.5, 0.6) is 0 Å². The first-order valence-corrected chi connectivity index (χ1v) is 13.4. The van der Waals surface area contributed by atoms with Crippen molar-refractivity contribution in [3.05, 3.63) is 66.0 Å². The maximum absolute atomic E-state index is 12.9. The highest BCUT2D eigenvalue weighted by Crippen LogP contribution is 2.23. The lowest BCUT2D eigenvalue weighted by Gasteiger charge is -2.33. The highest BCUT2D eigenvalue weighted by Gasteiger charge is 2.28. The Labute approximate surface area is 206 Å². The standard InChI is InChI=1S/C25H32N6O3S/c1-18(2)23(24(26)32)29-25-20-10-6-7-11-21(20)27-22(28-25)16-30-12-14-31(15-13-30)35(33,34)17-19-8-4-3-5-9-19/h3-11,18,23H,12-17H2,1-2H3,(H2,26,32)(H,27,28,29)/t23-/m0/s1. The smallest absolute Gasteiger partial charge is 0.240 e. The van der Waals surface area contributed by atoms with Crippen molar-refractivity contribution in [1.82, 2.24) is 19.2 Å². The number of hydrogen-bond donors (Lipinski definition) is 2. The third-order valence-corrected chi connectivity index (χ3v) is 8.05. The van der Waals surface area contributed by atoms with E-state index in [1.54, 1.807) is 4.31 Å². The van der Waals surface area contributed by atoms with Gasteiger partial charge in [0.05, 0.1) is 17.8 Å². The van der Waals surface area contributed by atoms with E-state index in [-0.39, 0.29) is 11.7 Å². The monoisotopic (exact) mass is 496 g/mol. The number of benzene rings is 2. The number of rotatable bonds is 9. The summed E-state index contributed by atoms with van der Waals surface area (Å²) in [5.41, 5.74) is 7.17. The molecule has 0 unspecified atom stereocenters. The van der Waals surface area contributed by atoms with Crippen LogP contribution in [-0.2, 0) is 27.1 Å². The Balaban J connectivity index is 1.46. The number of para-hydroxylation sites is 1. The molecule has 1 amide bonds. The summed E-state index contributed by atoms with van der Waals surface area (Å²) in [6, 6.07) is 16.3. The number of aromatic nitrogens is 2. The van der Waals surface area contributed by atoms with Crippen LogP contribution in [0.4, 0.5) is 5.82 Å². The number of hydrogen-bond acceptors (Lipinski definition) is 7. The Morgan fingerprint density at radius 3 is 2.31 bits per heavy atom. The van der Waals surface area contributed by atoms with E-state index in [9.17, 15) is 13.2 Å². The number of piperazine rings is 1. The van der Waals surface area contributed by atoms with Crippen molar-refractivity contribution in [3.63, 3.8) is 0 Å². The van der Waals surface area contributed by atoms with Crippen LogP contribution in [0.1, 0.15) is 25.2 Å². The fourth-order valence-electron chi connectivity index (χ4n) is 4.26. The Kier molecular flexibility index (Phi) is 7.63. The van der Waals surface area contributed by atoms with Crippen molar-refractivity contribution in [1.29, 1.82) is 0 Å². The zero-order chi connectivity index (χ0) is 25.0. The summed E-state index contributed by atoms with van der Waals surface area (Å²) in [6.07, 6.45) is 0. The molecule has 3 aromatic rings. The molecule has 1 aliphatic heterocycles. The van der Waals surface area contributed by atoms with Gasteiger partial charge in [-0.15, -0.1) is 0 Å². The molecule has 1 aliphatic rings. The van der Waals surface area contributed by atoms with E-state index in [4.69, 9.17) is 15.7 Å². The molecule has 0 bridgehead atoms. The largest absolute Gasteiger partial charge is 0.368 e. The summed E-state index contributed by atoms with van der Waals surface area (Å²) in [4.78, 5) is 23.5. The minimum atomic E-state index is -3.38. The highest BCUT2D eigenvalue weighted by atomic mass is 32.2. The average molecular weight is 497 g/mol. The maximum Gasteiger partial charge on any atom is 0.240 e. The van der Waals surface area contributed by atoms with Crippen LogP contribution >= 0.6 is 0 Å². The molecule has 10 heteroatoms. The van der Waals surface area contributed by atoms with Gasteiger partial charge in [-0.3, -0.25) is 9.69 Å². The van der Waals surface area contributed by atoms with Crippen molar-refractivity contribution in [2.45, 2.75) is 32.2 Å². The lowest BCUT2D eigenvalue weighted by Crippen LogP contribution is -2.48. The van der Waals surface area contributed by atoms with Crippen LogP contribution in [0.15, 0.2) is 54.6 Å². The van der Waals surface area contributed by atoms with Crippen LogP contribution < -0.4 is 11.1 Å². The van der Waals surface area contributed by atoms with Crippen LogP contribution in [0, 0.1) is 5.92 Å². The van der Waals surface area contributed by atoms with Gasteiger partial charge in [-0.05, 0) is 23.6 Å². The van der Waals surface area contributed by atoms with E-state index < -0.39 is 22.0 Å². The number of primary amides is 1. The number of nitrogens with zero attached hydrogens (tertiary/aromatic N) is 4. The second-order valence-corrected chi connectivity index (χ2v) is 11.2. The van der Waals surface area contributed by atoms with E-state index in [1.807, 2.05) is 68.4 Å². The van der Waals surface area contributed by atoms with E-state index in [1.165, 1.54) is 0 Å². The van der Waals surface area contributed by atoms with E-state index in [0.717, 1.165) is 16.5 Å². The normalized spacial score (nSPS) is 16.4. The Morgan fingerprint density at radius 2 is 1.66 bits per heavy atom. The van der Waals surface area contributed by atoms with Gasteiger partial charge in [0.25, 0.3) is 0 Å². The van der Waals surface area contributed by atoms with Crippen molar-refractivity contribution >= 4 is 32.7 Å². The number of amides is 1. The molecule has 0 saturated carbocycles. The second-order valence-electron chi connectivity index (χ2n) is 9.19. The maximum atomic E-state index is 12.9. The van der Waals surface area contributed by atoms with Crippen molar-refractivity contribution in [2.75, 3.05) is 31.5 Å². The minimum absolute atomic E-state index is 0.00408. The minimum Gasteiger partial charge on any atom is -0.368 e. The SMILES string of the molecule is CC(C)[C@H](Nc1nc(CN2CCN(S(=O)(=O)Cc3ccccc3)CC2)nc2ccccc12)C(N)=O. The number of anilines is 1. The summed E-state index contributed by atoms with van der Waals surface area (Å²) in [6.45, 7) is 6.35. The lowest BCUT2D eigenvalue weighted by atomic mass is 10.0. The van der Waals surface area contributed by atoms with Crippen LogP contribution in [0.3, 0.4) is 0 Å². The molecular formula is C25H32N6O3S. The van der Waals surface area contributed by atoms with Gasteiger partial charge in [0.15, 0.2) is 0 Å². The van der Waals surface area contributed by atoms with E-state index >= 15 is 0 Å². The zero-order valence-electron chi connectivity index (χ0n) is 20.1. The Morgan fingerprint density at radius 1 is 1.00 bits per heavy atom. The average Bonchev–Trinajstić information content (AvgIpc) is 2.82. The lowest BCUT2D eigenvalue weighted by molar-refractivity contribution is -0.119.